The van der Waals surface area contributed by atoms with Crippen LogP contribution in [0.4, 0.5) is 0 Å². The van der Waals surface area contributed by atoms with Crippen molar-refractivity contribution in [2.45, 2.75) is 50.1 Å². The molecule has 1 aromatic rings. The molecule has 1 saturated carbocycles. The lowest BCUT2D eigenvalue weighted by atomic mass is 9.95. The molecule has 1 unspecified atom stereocenters. The van der Waals surface area contributed by atoms with Gasteiger partial charge in [-0.05, 0) is 24.0 Å². The van der Waals surface area contributed by atoms with E-state index in [4.69, 9.17) is 16.3 Å². The highest BCUT2D eigenvalue weighted by molar-refractivity contribution is 6.30. The number of rotatable bonds is 5. The molecule has 0 heterocycles. The van der Waals surface area contributed by atoms with E-state index in [1.807, 2.05) is 24.3 Å². The number of halogens is 1. The minimum absolute atomic E-state index is 0.0897. The van der Waals surface area contributed by atoms with Crippen LogP contribution in [0.15, 0.2) is 24.3 Å². The Morgan fingerprint density at radius 1 is 1.40 bits per heavy atom. The number of ether oxygens (including phenoxy) is 1. The first-order chi connectivity index (χ1) is 9.70. The van der Waals surface area contributed by atoms with Gasteiger partial charge in [0.1, 0.15) is 5.38 Å². The van der Waals surface area contributed by atoms with Crippen molar-refractivity contribution in [1.29, 1.82) is 0 Å². The molecule has 1 aliphatic rings. The molecule has 0 aliphatic heterocycles. The van der Waals surface area contributed by atoms with Crippen LogP contribution >= 0.6 is 11.6 Å². The average Bonchev–Trinajstić information content (AvgIpc) is 2.48. The first kappa shape index (κ1) is 15.3. The quantitative estimate of drug-likeness (QED) is 0.844. The molecular formula is C16H22ClNO2. The standard InChI is InChI=1S/C16H22ClNO2/c1-20-11-12-6-5-7-13(10-12)15(17)16(19)18-14-8-3-2-4-9-14/h5-7,10,14-15H,2-4,8-9,11H2,1H3,(H,18,19). The second kappa shape index (κ2) is 7.65. The van der Waals surface area contributed by atoms with Gasteiger partial charge in [-0.25, -0.2) is 0 Å². The number of hydrogen-bond donors (Lipinski definition) is 1. The second-order valence-electron chi connectivity index (χ2n) is 5.38. The minimum atomic E-state index is -0.631. The lowest BCUT2D eigenvalue weighted by Gasteiger charge is -2.24. The van der Waals surface area contributed by atoms with Gasteiger partial charge in [-0.15, -0.1) is 11.6 Å². The highest BCUT2D eigenvalue weighted by atomic mass is 35.5. The number of carbonyl (C=O) groups excluding carboxylic acids is 1. The van der Waals surface area contributed by atoms with Gasteiger partial charge in [0, 0.05) is 13.2 Å². The molecule has 0 saturated heterocycles. The third kappa shape index (κ3) is 4.22. The van der Waals surface area contributed by atoms with Crippen LogP contribution in [0.2, 0.25) is 0 Å². The predicted molar refractivity (Wildman–Crippen MR) is 80.8 cm³/mol. The van der Waals surface area contributed by atoms with E-state index in [2.05, 4.69) is 5.32 Å². The Morgan fingerprint density at radius 2 is 2.15 bits per heavy atom. The van der Waals surface area contributed by atoms with Crippen LogP contribution < -0.4 is 5.32 Å². The molecule has 1 aromatic carbocycles. The lowest BCUT2D eigenvalue weighted by Crippen LogP contribution is -2.38. The third-order valence-electron chi connectivity index (χ3n) is 3.74. The van der Waals surface area contributed by atoms with Gasteiger partial charge in [-0.2, -0.15) is 0 Å². The maximum atomic E-state index is 12.2. The van der Waals surface area contributed by atoms with Gasteiger partial charge in [0.05, 0.1) is 6.61 Å². The van der Waals surface area contributed by atoms with Crippen LogP contribution in [0.1, 0.15) is 48.6 Å². The Bertz CT molecular complexity index is 444. The number of nitrogens with one attached hydrogen (secondary N) is 1. The highest BCUT2D eigenvalue weighted by Gasteiger charge is 2.22. The Balaban J connectivity index is 1.96. The van der Waals surface area contributed by atoms with Crippen molar-refractivity contribution in [3.63, 3.8) is 0 Å². The summed E-state index contributed by atoms with van der Waals surface area (Å²) in [6.07, 6.45) is 5.80. The maximum absolute atomic E-state index is 12.2. The molecule has 1 N–H and O–H groups in total. The first-order valence-corrected chi connectivity index (χ1v) is 7.66. The smallest absolute Gasteiger partial charge is 0.242 e. The number of methoxy groups -OCH3 is 1. The zero-order valence-electron chi connectivity index (χ0n) is 11.9. The van der Waals surface area contributed by atoms with E-state index < -0.39 is 5.38 Å². The Morgan fingerprint density at radius 3 is 2.85 bits per heavy atom. The van der Waals surface area contributed by atoms with Crippen molar-refractivity contribution >= 4 is 17.5 Å². The summed E-state index contributed by atoms with van der Waals surface area (Å²) in [6.45, 7) is 0.529. The van der Waals surface area contributed by atoms with E-state index in [9.17, 15) is 4.79 Å². The van der Waals surface area contributed by atoms with Crippen molar-refractivity contribution in [2.75, 3.05) is 7.11 Å². The zero-order chi connectivity index (χ0) is 14.4. The topological polar surface area (TPSA) is 38.3 Å². The number of alkyl halides is 1. The monoisotopic (exact) mass is 295 g/mol. The molecule has 0 spiro atoms. The number of carbonyl (C=O) groups is 1. The van der Waals surface area contributed by atoms with E-state index in [0.717, 1.165) is 24.0 Å². The fourth-order valence-electron chi connectivity index (χ4n) is 2.68. The molecule has 20 heavy (non-hydrogen) atoms. The van der Waals surface area contributed by atoms with Crippen LogP contribution in [-0.4, -0.2) is 19.1 Å². The van der Waals surface area contributed by atoms with Crippen molar-refractivity contribution in [2.24, 2.45) is 0 Å². The van der Waals surface area contributed by atoms with Crippen LogP contribution in [-0.2, 0) is 16.1 Å². The molecule has 2 rings (SSSR count). The summed E-state index contributed by atoms with van der Waals surface area (Å²) >= 11 is 6.30. The van der Waals surface area contributed by atoms with Crippen molar-refractivity contribution in [1.82, 2.24) is 5.32 Å². The molecule has 1 fully saturated rings. The average molecular weight is 296 g/mol. The summed E-state index contributed by atoms with van der Waals surface area (Å²) in [6, 6.07) is 7.99. The van der Waals surface area contributed by atoms with Crippen molar-refractivity contribution < 1.29 is 9.53 Å². The molecular weight excluding hydrogens is 274 g/mol. The van der Waals surface area contributed by atoms with Gasteiger partial charge in [0.15, 0.2) is 0 Å². The van der Waals surface area contributed by atoms with E-state index >= 15 is 0 Å². The molecule has 110 valence electrons. The number of benzene rings is 1. The van der Waals surface area contributed by atoms with E-state index in [1.54, 1.807) is 7.11 Å². The Hall–Kier alpha value is -1.06. The minimum Gasteiger partial charge on any atom is -0.380 e. The van der Waals surface area contributed by atoms with Gasteiger partial charge in [-0.1, -0.05) is 43.5 Å². The summed E-state index contributed by atoms with van der Waals surface area (Å²) in [5.41, 5.74) is 1.86. The molecule has 1 amide bonds. The normalized spacial score (nSPS) is 17.7. The first-order valence-electron chi connectivity index (χ1n) is 7.23. The Labute approximate surface area is 125 Å². The molecule has 4 heteroatoms. The summed E-state index contributed by atoms with van der Waals surface area (Å²) in [5, 5.41) is 2.44. The zero-order valence-corrected chi connectivity index (χ0v) is 12.7. The molecule has 3 nitrogen and oxygen atoms in total. The van der Waals surface area contributed by atoms with Crippen molar-refractivity contribution in [3.8, 4) is 0 Å². The van der Waals surface area contributed by atoms with Gasteiger partial charge in [0.2, 0.25) is 5.91 Å². The second-order valence-corrected chi connectivity index (χ2v) is 5.82. The summed E-state index contributed by atoms with van der Waals surface area (Å²) in [4.78, 5) is 12.2. The van der Waals surface area contributed by atoms with Crippen molar-refractivity contribution in [3.05, 3.63) is 35.4 Å². The molecule has 0 aromatic heterocycles. The fourth-order valence-corrected chi connectivity index (χ4v) is 2.88. The van der Waals surface area contributed by atoms with Crippen LogP contribution in [0.25, 0.3) is 0 Å². The number of hydrogen-bond acceptors (Lipinski definition) is 2. The van der Waals surface area contributed by atoms with E-state index in [-0.39, 0.29) is 5.91 Å². The molecule has 1 aliphatic carbocycles. The third-order valence-corrected chi connectivity index (χ3v) is 4.19. The molecule has 1 atom stereocenters. The molecule has 0 radical (unpaired) electrons. The largest absolute Gasteiger partial charge is 0.380 e. The summed E-state index contributed by atoms with van der Waals surface area (Å²) in [5.74, 6) is -0.0897. The van der Waals surface area contributed by atoms with Crippen LogP contribution in [0, 0.1) is 0 Å². The summed E-state index contributed by atoms with van der Waals surface area (Å²) in [7, 11) is 1.65. The van der Waals surface area contributed by atoms with Crippen LogP contribution in [0.3, 0.4) is 0 Å². The summed E-state index contributed by atoms with van der Waals surface area (Å²) < 4.78 is 5.10. The van der Waals surface area contributed by atoms with Gasteiger partial charge < -0.3 is 10.1 Å². The van der Waals surface area contributed by atoms with Gasteiger partial charge >= 0.3 is 0 Å². The fraction of sp³-hybridized carbons (Fsp3) is 0.562. The SMILES string of the molecule is COCc1cccc(C(Cl)C(=O)NC2CCCCC2)c1. The lowest BCUT2D eigenvalue weighted by molar-refractivity contribution is -0.121. The molecule has 0 bridgehead atoms. The number of amides is 1. The van der Waals surface area contributed by atoms with E-state index in [1.165, 1.54) is 19.3 Å². The Kier molecular flexibility index (Phi) is 5.86. The van der Waals surface area contributed by atoms with Gasteiger partial charge in [0.25, 0.3) is 0 Å². The van der Waals surface area contributed by atoms with Gasteiger partial charge in [-0.3, -0.25) is 4.79 Å². The highest BCUT2D eigenvalue weighted by Crippen LogP contribution is 2.24. The predicted octanol–water partition coefficient (Wildman–Crippen LogP) is 3.56. The van der Waals surface area contributed by atoms with E-state index in [0.29, 0.717) is 12.6 Å². The maximum Gasteiger partial charge on any atom is 0.242 e. The van der Waals surface area contributed by atoms with Crippen LogP contribution in [0.5, 0.6) is 0 Å².